The smallest absolute Gasteiger partial charge is 0.248 e. The summed E-state index contributed by atoms with van der Waals surface area (Å²) in [4.78, 5) is 28.1. The minimum absolute atomic E-state index is 0.0773. The number of benzene rings is 1. The number of aliphatic hydroxyl groups excluding tert-OH is 1. The Hall–Kier alpha value is -2.08. The first-order chi connectivity index (χ1) is 13.1. The molecule has 1 aliphatic carbocycles. The number of rotatable bonds is 3. The van der Waals surface area contributed by atoms with Gasteiger partial charge in [-0.15, -0.1) is 0 Å². The number of nitrogens with zero attached hydrogens (tertiary/aromatic N) is 1. The van der Waals surface area contributed by atoms with Gasteiger partial charge in [-0.25, -0.2) is 0 Å². The van der Waals surface area contributed by atoms with Crippen molar-refractivity contribution >= 4 is 17.5 Å². The van der Waals surface area contributed by atoms with E-state index in [4.69, 9.17) is 0 Å². The van der Waals surface area contributed by atoms with E-state index in [1.165, 1.54) is 0 Å². The quantitative estimate of drug-likeness (QED) is 0.758. The Morgan fingerprint density at radius 2 is 1.89 bits per heavy atom. The van der Waals surface area contributed by atoms with E-state index in [-0.39, 0.29) is 11.8 Å². The van der Waals surface area contributed by atoms with E-state index < -0.39 is 17.1 Å². The van der Waals surface area contributed by atoms with E-state index in [9.17, 15) is 14.7 Å². The Kier molecular flexibility index (Phi) is 4.84. The molecule has 1 aromatic rings. The van der Waals surface area contributed by atoms with Crippen molar-refractivity contribution in [2.24, 2.45) is 5.41 Å². The second kappa shape index (κ2) is 7.15. The molecule has 1 aromatic carbocycles. The molecule has 6 heteroatoms. The lowest BCUT2D eigenvalue weighted by Gasteiger charge is -2.48. The molecule has 6 nitrogen and oxygen atoms in total. The van der Waals surface area contributed by atoms with Crippen molar-refractivity contribution in [2.75, 3.05) is 25.0 Å². The highest BCUT2D eigenvalue weighted by Gasteiger charge is 2.53. The number of piperidine rings is 2. The van der Waals surface area contributed by atoms with Gasteiger partial charge in [-0.05, 0) is 44.2 Å². The number of amides is 2. The van der Waals surface area contributed by atoms with E-state index in [1.807, 2.05) is 35.2 Å². The molecule has 3 aliphatic rings. The van der Waals surface area contributed by atoms with E-state index in [1.54, 1.807) is 0 Å². The van der Waals surface area contributed by atoms with E-state index in [2.05, 4.69) is 10.6 Å². The van der Waals surface area contributed by atoms with Crippen LogP contribution in [0.3, 0.4) is 0 Å². The third-order valence-electron chi connectivity index (χ3n) is 6.63. The van der Waals surface area contributed by atoms with Crippen molar-refractivity contribution in [3.8, 4) is 0 Å². The number of para-hydroxylation sites is 1. The molecule has 0 unspecified atom stereocenters. The number of hydrogen-bond acceptors (Lipinski definition) is 4. The zero-order chi connectivity index (χ0) is 18.9. The number of anilines is 1. The van der Waals surface area contributed by atoms with Crippen LogP contribution in [0.5, 0.6) is 0 Å². The predicted molar refractivity (Wildman–Crippen MR) is 103 cm³/mol. The van der Waals surface area contributed by atoms with Gasteiger partial charge in [-0.2, -0.15) is 0 Å². The fourth-order valence-electron chi connectivity index (χ4n) is 5.09. The Morgan fingerprint density at radius 3 is 2.59 bits per heavy atom. The summed E-state index contributed by atoms with van der Waals surface area (Å²) in [7, 11) is 0. The summed E-state index contributed by atoms with van der Waals surface area (Å²) in [6, 6.07) is 9.88. The maximum atomic E-state index is 13.6. The van der Waals surface area contributed by atoms with Crippen molar-refractivity contribution < 1.29 is 14.7 Å². The van der Waals surface area contributed by atoms with E-state index in [0.29, 0.717) is 32.5 Å². The largest absolute Gasteiger partial charge is 0.392 e. The molecule has 4 rings (SSSR count). The van der Waals surface area contributed by atoms with Crippen molar-refractivity contribution in [3.63, 3.8) is 0 Å². The van der Waals surface area contributed by atoms with Crippen LogP contribution in [0, 0.1) is 5.41 Å². The Bertz CT molecular complexity index is 702. The van der Waals surface area contributed by atoms with Crippen molar-refractivity contribution in [1.29, 1.82) is 0 Å². The highest BCUT2D eigenvalue weighted by molar-refractivity contribution is 5.91. The molecule has 2 saturated heterocycles. The van der Waals surface area contributed by atoms with Crippen LogP contribution in [0.1, 0.15) is 44.9 Å². The minimum Gasteiger partial charge on any atom is -0.392 e. The van der Waals surface area contributed by atoms with Gasteiger partial charge < -0.3 is 20.6 Å². The van der Waals surface area contributed by atoms with E-state index in [0.717, 1.165) is 37.8 Å². The summed E-state index contributed by atoms with van der Waals surface area (Å²) in [6.07, 6.45) is 4.92. The van der Waals surface area contributed by atoms with Crippen LogP contribution in [0.4, 0.5) is 5.69 Å². The summed E-state index contributed by atoms with van der Waals surface area (Å²) in [6.45, 7) is 1.48. The van der Waals surface area contributed by atoms with Crippen LogP contribution in [0.25, 0.3) is 0 Å². The van der Waals surface area contributed by atoms with Crippen LogP contribution in [-0.4, -0.2) is 53.1 Å². The van der Waals surface area contributed by atoms with Crippen LogP contribution < -0.4 is 10.6 Å². The van der Waals surface area contributed by atoms with Crippen molar-refractivity contribution in [1.82, 2.24) is 10.2 Å². The molecule has 2 atom stereocenters. The van der Waals surface area contributed by atoms with Crippen LogP contribution in [0.15, 0.2) is 30.3 Å². The molecular weight excluding hydrogens is 342 g/mol. The SMILES string of the molecule is O=C(N1CC[C@@H](O)[C@@]2(CCCNC2=O)C1)C1(Nc2ccccc2)CCCC1. The molecule has 27 heavy (non-hydrogen) atoms. The van der Waals surface area contributed by atoms with Gasteiger partial charge in [0.25, 0.3) is 0 Å². The summed E-state index contributed by atoms with van der Waals surface area (Å²) in [5, 5.41) is 17.0. The first-order valence-electron chi connectivity index (χ1n) is 10.1. The number of aliphatic hydroxyl groups is 1. The number of likely N-dealkylation sites (tertiary alicyclic amines) is 1. The van der Waals surface area contributed by atoms with Gasteiger partial charge in [0.05, 0.1) is 11.5 Å². The second-order valence-corrected chi connectivity index (χ2v) is 8.33. The van der Waals surface area contributed by atoms with Gasteiger partial charge in [-0.3, -0.25) is 9.59 Å². The normalized spacial score (nSPS) is 30.2. The summed E-state index contributed by atoms with van der Waals surface area (Å²) >= 11 is 0. The first-order valence-corrected chi connectivity index (χ1v) is 10.1. The van der Waals surface area contributed by atoms with Gasteiger partial charge in [-0.1, -0.05) is 31.0 Å². The van der Waals surface area contributed by atoms with Crippen LogP contribution >= 0.6 is 0 Å². The molecule has 146 valence electrons. The number of nitrogens with one attached hydrogen (secondary N) is 2. The molecule has 3 N–H and O–H groups in total. The lowest BCUT2D eigenvalue weighted by molar-refractivity contribution is -0.156. The molecule has 2 amide bonds. The third-order valence-corrected chi connectivity index (χ3v) is 6.63. The monoisotopic (exact) mass is 371 g/mol. The number of hydrogen-bond donors (Lipinski definition) is 3. The molecule has 1 spiro atoms. The topological polar surface area (TPSA) is 81.7 Å². The zero-order valence-corrected chi connectivity index (χ0v) is 15.7. The molecule has 0 radical (unpaired) electrons. The molecule has 3 fully saturated rings. The van der Waals surface area contributed by atoms with Gasteiger partial charge >= 0.3 is 0 Å². The average Bonchev–Trinajstić information content (AvgIpc) is 3.16. The number of carbonyl (C=O) groups is 2. The summed E-state index contributed by atoms with van der Waals surface area (Å²) in [5.41, 5.74) is -0.496. The van der Waals surface area contributed by atoms with Crippen LogP contribution in [-0.2, 0) is 9.59 Å². The van der Waals surface area contributed by atoms with Gasteiger partial charge in [0.1, 0.15) is 5.54 Å². The lowest BCUT2D eigenvalue weighted by Crippen LogP contribution is -2.64. The highest BCUT2D eigenvalue weighted by atomic mass is 16.3. The van der Waals surface area contributed by atoms with Gasteiger partial charge in [0, 0.05) is 25.3 Å². The van der Waals surface area contributed by atoms with Gasteiger partial charge in [0.2, 0.25) is 11.8 Å². The maximum Gasteiger partial charge on any atom is 0.248 e. The molecule has 1 saturated carbocycles. The second-order valence-electron chi connectivity index (χ2n) is 8.33. The summed E-state index contributed by atoms with van der Waals surface area (Å²) < 4.78 is 0. The Morgan fingerprint density at radius 1 is 1.15 bits per heavy atom. The Balaban J connectivity index is 1.57. The highest BCUT2D eigenvalue weighted by Crippen LogP contribution is 2.40. The van der Waals surface area contributed by atoms with Gasteiger partial charge in [0.15, 0.2) is 0 Å². The average molecular weight is 371 g/mol. The minimum atomic E-state index is -0.849. The third kappa shape index (κ3) is 3.20. The van der Waals surface area contributed by atoms with E-state index >= 15 is 0 Å². The zero-order valence-electron chi connectivity index (χ0n) is 15.7. The fourth-order valence-corrected chi connectivity index (χ4v) is 5.09. The number of carbonyl (C=O) groups excluding carboxylic acids is 2. The standard InChI is InChI=1S/C21H29N3O3/c25-17-9-14-24(15-20(17)10-6-13-22-18(20)26)19(27)21(11-4-5-12-21)23-16-7-2-1-3-8-16/h1-3,7-8,17,23,25H,4-6,9-15H2,(H,22,26)/t17-,20-/m1/s1. The summed E-state index contributed by atoms with van der Waals surface area (Å²) in [5.74, 6) is -0.0243. The van der Waals surface area contributed by atoms with Crippen molar-refractivity contribution in [2.45, 2.75) is 56.6 Å². The predicted octanol–water partition coefficient (Wildman–Crippen LogP) is 1.90. The Labute approximate surface area is 160 Å². The fraction of sp³-hybridized carbons (Fsp3) is 0.619. The lowest BCUT2D eigenvalue weighted by atomic mass is 9.71. The maximum absolute atomic E-state index is 13.6. The molecular formula is C21H29N3O3. The molecule has 0 aromatic heterocycles. The first kappa shape index (κ1) is 18.3. The molecule has 2 aliphatic heterocycles. The molecule has 0 bridgehead atoms. The van der Waals surface area contributed by atoms with Crippen LogP contribution in [0.2, 0.25) is 0 Å². The van der Waals surface area contributed by atoms with Crippen molar-refractivity contribution in [3.05, 3.63) is 30.3 Å². The molecule has 2 heterocycles.